The van der Waals surface area contributed by atoms with E-state index < -0.39 is 0 Å². The van der Waals surface area contributed by atoms with E-state index in [0.29, 0.717) is 0 Å². The number of carbonyl (C=O) groups is 1. The van der Waals surface area contributed by atoms with Gasteiger partial charge in [0.25, 0.3) is 5.91 Å². The highest BCUT2D eigenvalue weighted by Gasteiger charge is 2.23. The van der Waals surface area contributed by atoms with E-state index in [1.54, 1.807) is 11.3 Å². The molecule has 0 atom stereocenters. The third-order valence-electron chi connectivity index (χ3n) is 4.74. The van der Waals surface area contributed by atoms with Crippen molar-refractivity contribution < 1.29 is 4.79 Å². The van der Waals surface area contributed by atoms with E-state index in [9.17, 15) is 4.79 Å². The zero-order valence-corrected chi connectivity index (χ0v) is 18.5. The Morgan fingerprint density at radius 3 is 2.39 bits per heavy atom. The molecule has 0 radical (unpaired) electrons. The highest BCUT2D eigenvalue weighted by molar-refractivity contribution is 9.10. The summed E-state index contributed by atoms with van der Waals surface area (Å²) in [4.78, 5) is 21.8. The highest BCUT2D eigenvalue weighted by Crippen LogP contribution is 2.23. The number of hydrogen-bond acceptors (Lipinski definition) is 4. The Balaban J connectivity index is 0.00000225. The SMILES string of the molecule is Cl.O=C(c1ccccc1Br)N1CCN(Cc2nc(-c3ccccc3)cs2)CC1. The van der Waals surface area contributed by atoms with Gasteiger partial charge in [-0.3, -0.25) is 9.69 Å². The topological polar surface area (TPSA) is 36.4 Å². The van der Waals surface area contributed by atoms with Crippen LogP contribution in [-0.4, -0.2) is 46.9 Å². The van der Waals surface area contributed by atoms with Crippen LogP contribution in [0.1, 0.15) is 15.4 Å². The second-order valence-corrected chi connectivity index (χ2v) is 8.34. The average Bonchev–Trinajstić information content (AvgIpc) is 3.18. The fourth-order valence-corrected chi connectivity index (χ4v) is 4.53. The zero-order chi connectivity index (χ0) is 18.6. The summed E-state index contributed by atoms with van der Waals surface area (Å²) < 4.78 is 0.855. The summed E-state index contributed by atoms with van der Waals surface area (Å²) in [7, 11) is 0. The van der Waals surface area contributed by atoms with E-state index in [1.165, 1.54) is 0 Å². The van der Waals surface area contributed by atoms with E-state index >= 15 is 0 Å². The van der Waals surface area contributed by atoms with Gasteiger partial charge in [-0.25, -0.2) is 4.98 Å². The molecule has 0 unspecified atom stereocenters. The van der Waals surface area contributed by atoms with E-state index in [1.807, 2.05) is 47.4 Å². The maximum Gasteiger partial charge on any atom is 0.255 e. The standard InChI is InChI=1S/C21H20BrN3OS.ClH/c22-18-9-5-4-8-17(18)21(26)25-12-10-24(11-13-25)14-20-23-19(15-27-20)16-6-2-1-3-7-16;/h1-9,15H,10-14H2;1H. The van der Waals surface area contributed by atoms with E-state index in [-0.39, 0.29) is 18.3 Å². The molecule has 1 aromatic heterocycles. The summed E-state index contributed by atoms with van der Waals surface area (Å²) in [6.07, 6.45) is 0. The van der Waals surface area contributed by atoms with Crippen molar-refractivity contribution in [2.75, 3.05) is 26.2 Å². The molecule has 0 bridgehead atoms. The van der Waals surface area contributed by atoms with Crippen molar-refractivity contribution in [3.05, 3.63) is 75.0 Å². The van der Waals surface area contributed by atoms with Gasteiger partial charge in [0.05, 0.1) is 17.8 Å². The van der Waals surface area contributed by atoms with Gasteiger partial charge in [0.15, 0.2) is 0 Å². The van der Waals surface area contributed by atoms with Gasteiger partial charge in [-0.05, 0) is 28.1 Å². The lowest BCUT2D eigenvalue weighted by Crippen LogP contribution is -2.48. The van der Waals surface area contributed by atoms with Crippen LogP contribution < -0.4 is 0 Å². The van der Waals surface area contributed by atoms with Crippen molar-refractivity contribution in [2.45, 2.75) is 6.54 Å². The predicted octanol–water partition coefficient (Wildman–Crippen LogP) is 4.95. The molecule has 28 heavy (non-hydrogen) atoms. The normalized spacial score (nSPS) is 14.5. The van der Waals surface area contributed by atoms with Crippen molar-refractivity contribution in [1.82, 2.24) is 14.8 Å². The number of nitrogens with zero attached hydrogens (tertiary/aromatic N) is 3. The molecule has 1 amide bonds. The number of benzene rings is 2. The molecule has 0 aliphatic carbocycles. The first-order chi connectivity index (χ1) is 13.2. The Kier molecular flexibility index (Phi) is 7.24. The molecule has 3 aromatic rings. The monoisotopic (exact) mass is 477 g/mol. The van der Waals surface area contributed by atoms with Crippen molar-refractivity contribution in [1.29, 1.82) is 0 Å². The van der Waals surface area contributed by atoms with E-state index in [2.05, 4.69) is 38.3 Å². The molecule has 0 saturated carbocycles. The fraction of sp³-hybridized carbons (Fsp3) is 0.238. The quantitative estimate of drug-likeness (QED) is 0.532. The van der Waals surface area contributed by atoms with Crippen LogP contribution in [-0.2, 0) is 6.54 Å². The van der Waals surface area contributed by atoms with Gasteiger partial charge in [-0.2, -0.15) is 0 Å². The minimum atomic E-state index is 0. The van der Waals surface area contributed by atoms with Crippen molar-refractivity contribution in [2.24, 2.45) is 0 Å². The first-order valence-corrected chi connectivity index (χ1v) is 10.6. The van der Waals surface area contributed by atoms with Gasteiger partial charge in [0.1, 0.15) is 5.01 Å². The molecule has 1 fully saturated rings. The predicted molar refractivity (Wildman–Crippen MR) is 120 cm³/mol. The maximum absolute atomic E-state index is 12.7. The fourth-order valence-electron chi connectivity index (χ4n) is 3.23. The van der Waals surface area contributed by atoms with Crippen molar-refractivity contribution >= 4 is 45.6 Å². The molecule has 1 aliphatic rings. The molecule has 146 valence electrons. The number of halogens is 2. The zero-order valence-electron chi connectivity index (χ0n) is 15.3. The lowest BCUT2D eigenvalue weighted by molar-refractivity contribution is 0.0627. The number of amides is 1. The molecule has 2 heterocycles. The van der Waals surface area contributed by atoms with Crippen LogP contribution >= 0.6 is 39.7 Å². The van der Waals surface area contributed by atoms with Crippen LogP contribution in [0.25, 0.3) is 11.3 Å². The van der Waals surface area contributed by atoms with Gasteiger partial charge < -0.3 is 4.90 Å². The number of aromatic nitrogens is 1. The number of piperazine rings is 1. The van der Waals surface area contributed by atoms with Crippen LogP contribution in [0.4, 0.5) is 0 Å². The number of rotatable bonds is 4. The van der Waals surface area contributed by atoms with E-state index in [0.717, 1.165) is 59.0 Å². The Hall–Kier alpha value is -1.73. The molecule has 4 rings (SSSR count). The number of carbonyl (C=O) groups excluding carboxylic acids is 1. The van der Waals surface area contributed by atoms with E-state index in [4.69, 9.17) is 4.98 Å². The average molecular weight is 479 g/mol. The molecule has 0 N–H and O–H groups in total. The smallest absolute Gasteiger partial charge is 0.255 e. The maximum atomic E-state index is 12.7. The Morgan fingerprint density at radius 2 is 1.68 bits per heavy atom. The van der Waals surface area contributed by atoms with Crippen LogP contribution in [0.15, 0.2) is 64.5 Å². The summed E-state index contributed by atoms with van der Waals surface area (Å²) >= 11 is 5.18. The lowest BCUT2D eigenvalue weighted by Gasteiger charge is -2.34. The summed E-state index contributed by atoms with van der Waals surface area (Å²) in [6.45, 7) is 4.08. The third-order valence-corrected chi connectivity index (χ3v) is 6.27. The van der Waals surface area contributed by atoms with Gasteiger partial charge in [-0.15, -0.1) is 23.7 Å². The van der Waals surface area contributed by atoms with Crippen LogP contribution in [0.5, 0.6) is 0 Å². The first kappa shape index (κ1) is 21.0. The summed E-state index contributed by atoms with van der Waals surface area (Å²) in [6, 6.07) is 17.9. The van der Waals surface area contributed by atoms with Gasteiger partial charge >= 0.3 is 0 Å². The minimum absolute atomic E-state index is 0. The Morgan fingerprint density at radius 1 is 1.00 bits per heavy atom. The third kappa shape index (κ3) is 4.81. The molecule has 1 aliphatic heterocycles. The van der Waals surface area contributed by atoms with Gasteiger partial charge in [-0.1, -0.05) is 42.5 Å². The second-order valence-electron chi connectivity index (χ2n) is 6.54. The molecule has 0 spiro atoms. The lowest BCUT2D eigenvalue weighted by atomic mass is 10.2. The molecular weight excluding hydrogens is 458 g/mol. The minimum Gasteiger partial charge on any atom is -0.336 e. The largest absolute Gasteiger partial charge is 0.336 e. The second kappa shape index (κ2) is 9.65. The number of thiazole rings is 1. The molecule has 1 saturated heterocycles. The summed E-state index contributed by atoms with van der Waals surface area (Å²) in [5.74, 6) is 0.0998. The Labute approximate surface area is 183 Å². The van der Waals surface area contributed by atoms with Crippen LogP contribution in [0.2, 0.25) is 0 Å². The van der Waals surface area contributed by atoms with Crippen LogP contribution in [0.3, 0.4) is 0 Å². The van der Waals surface area contributed by atoms with Gasteiger partial charge in [0.2, 0.25) is 0 Å². The number of hydrogen-bond donors (Lipinski definition) is 0. The molecular formula is C21H21BrClN3OS. The van der Waals surface area contributed by atoms with Crippen molar-refractivity contribution in [3.8, 4) is 11.3 Å². The first-order valence-electron chi connectivity index (χ1n) is 8.97. The summed E-state index contributed by atoms with van der Waals surface area (Å²) in [5, 5.41) is 3.25. The van der Waals surface area contributed by atoms with Crippen LogP contribution in [0, 0.1) is 0 Å². The molecule has 2 aromatic carbocycles. The van der Waals surface area contributed by atoms with Crippen molar-refractivity contribution in [3.63, 3.8) is 0 Å². The molecule has 4 nitrogen and oxygen atoms in total. The summed E-state index contributed by atoms with van der Waals surface area (Å²) in [5.41, 5.74) is 2.93. The van der Waals surface area contributed by atoms with Gasteiger partial charge in [0, 0.05) is 41.6 Å². The Bertz CT molecular complexity index is 926. The highest BCUT2D eigenvalue weighted by atomic mass is 79.9. The molecule has 7 heteroatoms.